The van der Waals surface area contributed by atoms with Gasteiger partial charge in [-0.1, -0.05) is 6.07 Å². The van der Waals surface area contributed by atoms with E-state index in [0.29, 0.717) is 0 Å². The van der Waals surface area contributed by atoms with Gasteiger partial charge in [-0.2, -0.15) is 0 Å². The second-order valence-corrected chi connectivity index (χ2v) is 4.01. The fourth-order valence-corrected chi connectivity index (χ4v) is 1.48. The quantitative estimate of drug-likeness (QED) is 0.785. The molecule has 0 spiro atoms. The van der Waals surface area contributed by atoms with Gasteiger partial charge in [-0.3, -0.25) is 4.79 Å². The maximum Gasteiger partial charge on any atom is 0.326 e. The van der Waals surface area contributed by atoms with Crippen molar-refractivity contribution in [3.8, 4) is 0 Å². The molecule has 0 aromatic heterocycles. The van der Waals surface area contributed by atoms with Crippen molar-refractivity contribution >= 4 is 11.9 Å². The van der Waals surface area contributed by atoms with Crippen molar-refractivity contribution in [2.75, 3.05) is 0 Å². The van der Waals surface area contributed by atoms with Crippen molar-refractivity contribution in [1.82, 2.24) is 5.32 Å². The molecule has 0 saturated heterocycles. The zero-order chi connectivity index (χ0) is 15.3. The summed E-state index contributed by atoms with van der Waals surface area (Å²) in [6, 6.07) is 0.998. The summed E-state index contributed by atoms with van der Waals surface area (Å²) in [5.74, 6) is -4.71. The Morgan fingerprint density at radius 3 is 2.35 bits per heavy atom. The van der Waals surface area contributed by atoms with Crippen LogP contribution in [-0.2, 0) is 16.0 Å². The number of carboxylic acid groups (broad SMARTS) is 1. The number of carbonyl (C=O) groups is 2. The minimum atomic E-state index is -2.89. The van der Waals surface area contributed by atoms with Crippen LogP contribution in [0.1, 0.15) is 12.0 Å². The van der Waals surface area contributed by atoms with Crippen molar-refractivity contribution in [1.29, 1.82) is 0 Å². The molecule has 1 aromatic rings. The average Bonchev–Trinajstić information content (AvgIpc) is 2.32. The zero-order valence-electron chi connectivity index (χ0n) is 10.1. The molecule has 0 bridgehead atoms. The molecule has 1 unspecified atom stereocenters. The lowest BCUT2D eigenvalue weighted by Crippen LogP contribution is -2.42. The van der Waals surface area contributed by atoms with Crippen molar-refractivity contribution in [2.45, 2.75) is 25.3 Å². The molecule has 0 saturated carbocycles. The number of rotatable bonds is 6. The monoisotopic (exact) mass is 293 g/mol. The van der Waals surface area contributed by atoms with Gasteiger partial charge in [0.25, 0.3) is 0 Å². The summed E-state index contributed by atoms with van der Waals surface area (Å²) in [4.78, 5) is 22.1. The molecule has 0 aliphatic carbocycles. The lowest BCUT2D eigenvalue weighted by atomic mass is 10.1. The summed E-state index contributed by atoms with van der Waals surface area (Å²) < 4.78 is 49.8. The number of carboxylic acids is 1. The second kappa shape index (κ2) is 6.88. The molecule has 1 atom stereocenters. The van der Waals surface area contributed by atoms with Gasteiger partial charge >= 0.3 is 5.97 Å². The third-order valence-electron chi connectivity index (χ3n) is 2.40. The second-order valence-electron chi connectivity index (χ2n) is 4.01. The van der Waals surface area contributed by atoms with E-state index in [1.54, 1.807) is 0 Å². The lowest BCUT2D eigenvalue weighted by molar-refractivity contribution is -0.142. The van der Waals surface area contributed by atoms with E-state index in [2.05, 4.69) is 0 Å². The molecule has 0 fully saturated rings. The summed E-state index contributed by atoms with van der Waals surface area (Å²) in [6.45, 7) is 0. The Balaban J connectivity index is 2.65. The molecule has 20 heavy (non-hydrogen) atoms. The molecule has 0 aliphatic rings. The number of hydrogen-bond donors (Lipinski definition) is 2. The van der Waals surface area contributed by atoms with Gasteiger partial charge in [-0.05, 0) is 17.7 Å². The van der Waals surface area contributed by atoms with Crippen LogP contribution in [-0.4, -0.2) is 29.5 Å². The minimum absolute atomic E-state index is 0.0996. The van der Waals surface area contributed by atoms with Crippen LogP contribution in [0.3, 0.4) is 0 Å². The number of alkyl halides is 2. The van der Waals surface area contributed by atoms with Crippen LogP contribution < -0.4 is 5.32 Å². The number of halogens is 4. The molecule has 110 valence electrons. The number of aliphatic carboxylic acids is 1. The van der Waals surface area contributed by atoms with Crippen molar-refractivity contribution in [3.05, 3.63) is 35.4 Å². The highest BCUT2D eigenvalue weighted by molar-refractivity contribution is 5.84. The van der Waals surface area contributed by atoms with Crippen LogP contribution in [0.15, 0.2) is 18.2 Å². The summed E-state index contributed by atoms with van der Waals surface area (Å²) in [5, 5.41) is 10.6. The molecule has 0 heterocycles. The fraction of sp³-hybridized carbons (Fsp3) is 0.333. The van der Waals surface area contributed by atoms with E-state index in [-0.39, 0.29) is 5.56 Å². The Labute approximate surface area is 111 Å². The Bertz CT molecular complexity index is 507. The molecule has 8 heteroatoms. The van der Waals surface area contributed by atoms with E-state index in [0.717, 1.165) is 18.2 Å². The Morgan fingerprint density at radius 1 is 1.20 bits per heavy atom. The lowest BCUT2D eigenvalue weighted by Gasteiger charge is -2.14. The molecule has 1 rings (SSSR count). The molecular weight excluding hydrogens is 282 g/mol. The SMILES string of the molecule is O=C(Cc1ccc(F)c(F)c1)NC(CC(F)F)C(=O)O. The Hall–Kier alpha value is -2.12. The van der Waals surface area contributed by atoms with Gasteiger partial charge in [0.2, 0.25) is 12.3 Å². The number of benzene rings is 1. The van der Waals surface area contributed by atoms with E-state index < -0.39 is 48.8 Å². The molecule has 0 radical (unpaired) electrons. The standard InChI is InChI=1S/C12H11F4NO3/c13-7-2-1-6(3-8(7)14)4-11(18)17-9(12(19)20)5-10(15)16/h1-3,9-10H,4-5H2,(H,17,18)(H,19,20). The molecule has 1 aromatic carbocycles. The predicted molar refractivity (Wildman–Crippen MR) is 60.2 cm³/mol. The number of amides is 1. The molecule has 1 amide bonds. The first-order valence-corrected chi connectivity index (χ1v) is 5.54. The van der Waals surface area contributed by atoms with Gasteiger partial charge in [0.05, 0.1) is 6.42 Å². The van der Waals surface area contributed by atoms with E-state index in [4.69, 9.17) is 5.11 Å². The number of hydrogen-bond acceptors (Lipinski definition) is 2. The van der Waals surface area contributed by atoms with Crippen LogP contribution in [0, 0.1) is 11.6 Å². The third-order valence-corrected chi connectivity index (χ3v) is 2.40. The van der Waals surface area contributed by atoms with Gasteiger partial charge in [-0.25, -0.2) is 22.4 Å². The van der Waals surface area contributed by atoms with Gasteiger partial charge < -0.3 is 10.4 Å². The smallest absolute Gasteiger partial charge is 0.326 e. The maximum absolute atomic E-state index is 12.9. The van der Waals surface area contributed by atoms with Gasteiger partial charge in [-0.15, -0.1) is 0 Å². The normalized spacial score (nSPS) is 12.2. The van der Waals surface area contributed by atoms with Crippen molar-refractivity contribution in [3.63, 3.8) is 0 Å². The van der Waals surface area contributed by atoms with E-state index in [1.165, 1.54) is 0 Å². The van der Waals surface area contributed by atoms with Gasteiger partial charge in [0.15, 0.2) is 11.6 Å². The highest BCUT2D eigenvalue weighted by Crippen LogP contribution is 2.10. The van der Waals surface area contributed by atoms with E-state index in [9.17, 15) is 27.2 Å². The van der Waals surface area contributed by atoms with Gasteiger partial charge in [0, 0.05) is 6.42 Å². The number of nitrogens with one attached hydrogen (secondary N) is 1. The molecular formula is C12H11F4NO3. The van der Waals surface area contributed by atoms with Crippen LogP contribution in [0.5, 0.6) is 0 Å². The minimum Gasteiger partial charge on any atom is -0.480 e. The first-order valence-electron chi connectivity index (χ1n) is 5.54. The molecule has 4 nitrogen and oxygen atoms in total. The summed E-state index contributed by atoms with van der Waals surface area (Å²) in [6.07, 6.45) is -4.36. The topological polar surface area (TPSA) is 66.4 Å². The van der Waals surface area contributed by atoms with Crippen LogP contribution >= 0.6 is 0 Å². The Morgan fingerprint density at radius 2 is 1.85 bits per heavy atom. The summed E-state index contributed by atoms with van der Waals surface area (Å²) in [5.41, 5.74) is 0.0996. The Kier molecular flexibility index (Phi) is 5.48. The van der Waals surface area contributed by atoms with E-state index in [1.807, 2.05) is 5.32 Å². The molecule has 0 aliphatic heterocycles. The average molecular weight is 293 g/mol. The van der Waals surface area contributed by atoms with Crippen LogP contribution in [0.4, 0.5) is 17.6 Å². The largest absolute Gasteiger partial charge is 0.480 e. The first-order chi connectivity index (χ1) is 9.29. The summed E-state index contributed by atoms with van der Waals surface area (Å²) in [7, 11) is 0. The van der Waals surface area contributed by atoms with E-state index >= 15 is 0 Å². The first kappa shape index (κ1) is 15.9. The van der Waals surface area contributed by atoms with Crippen LogP contribution in [0.2, 0.25) is 0 Å². The summed E-state index contributed by atoms with van der Waals surface area (Å²) >= 11 is 0. The van der Waals surface area contributed by atoms with Crippen LogP contribution in [0.25, 0.3) is 0 Å². The van der Waals surface area contributed by atoms with Crippen molar-refractivity contribution in [2.24, 2.45) is 0 Å². The highest BCUT2D eigenvalue weighted by Gasteiger charge is 2.24. The fourth-order valence-electron chi connectivity index (χ4n) is 1.48. The van der Waals surface area contributed by atoms with Gasteiger partial charge in [0.1, 0.15) is 6.04 Å². The molecule has 2 N–H and O–H groups in total. The maximum atomic E-state index is 12.9. The zero-order valence-corrected chi connectivity index (χ0v) is 10.1. The van der Waals surface area contributed by atoms with Crippen molar-refractivity contribution < 1.29 is 32.3 Å². The predicted octanol–water partition coefficient (Wildman–Crippen LogP) is 1.73. The number of carbonyl (C=O) groups excluding carboxylic acids is 1. The third kappa shape index (κ3) is 4.87. The highest BCUT2D eigenvalue weighted by atomic mass is 19.3.